The highest BCUT2D eigenvalue weighted by Gasteiger charge is 2.10. The third-order valence-electron chi connectivity index (χ3n) is 1.77. The van der Waals surface area contributed by atoms with Crippen molar-refractivity contribution in [1.29, 1.82) is 0 Å². The number of rotatable bonds is 5. The number of hydrogen-bond donors (Lipinski definition) is 2. The molecule has 1 aromatic rings. The van der Waals surface area contributed by atoms with Crippen molar-refractivity contribution in [2.24, 2.45) is 0 Å². The van der Waals surface area contributed by atoms with Crippen LogP contribution in [0.3, 0.4) is 0 Å². The molecule has 1 aromatic heterocycles. The average molecular weight is 227 g/mol. The first-order valence-corrected chi connectivity index (χ1v) is 5.51. The van der Waals surface area contributed by atoms with Gasteiger partial charge in [0.1, 0.15) is 5.03 Å². The number of ketones is 1. The molecule has 0 aliphatic heterocycles. The first kappa shape index (κ1) is 12.2. The predicted octanol–water partition coefficient (Wildman–Crippen LogP) is 0.729. The third kappa shape index (κ3) is 3.62. The van der Waals surface area contributed by atoms with Crippen molar-refractivity contribution >= 4 is 17.5 Å². The van der Waals surface area contributed by atoms with E-state index in [1.807, 2.05) is 0 Å². The van der Waals surface area contributed by atoms with Crippen LogP contribution in [0, 0.1) is 0 Å². The zero-order valence-corrected chi connectivity index (χ0v) is 9.20. The molecule has 0 bridgehead atoms. The molecule has 1 unspecified atom stereocenters. The van der Waals surface area contributed by atoms with Gasteiger partial charge in [-0.05, 0) is 19.1 Å². The Morgan fingerprint density at radius 1 is 1.67 bits per heavy atom. The lowest BCUT2D eigenvalue weighted by Gasteiger charge is -2.07. The Bertz CT molecular complexity index is 343. The van der Waals surface area contributed by atoms with Gasteiger partial charge in [0.05, 0.1) is 12.7 Å². The average Bonchev–Trinajstić information content (AvgIpc) is 2.26. The summed E-state index contributed by atoms with van der Waals surface area (Å²) < 4.78 is 0. The SMILES string of the molecule is CC(=O)c1cccnc1SCC(O)CO. The fourth-order valence-corrected chi connectivity index (χ4v) is 1.96. The van der Waals surface area contributed by atoms with Gasteiger partial charge in [-0.2, -0.15) is 0 Å². The van der Waals surface area contributed by atoms with E-state index in [4.69, 9.17) is 10.2 Å². The normalized spacial score (nSPS) is 12.5. The van der Waals surface area contributed by atoms with Crippen LogP contribution in [0.4, 0.5) is 0 Å². The molecule has 1 atom stereocenters. The summed E-state index contributed by atoms with van der Waals surface area (Å²) in [6.45, 7) is 1.19. The van der Waals surface area contributed by atoms with Gasteiger partial charge < -0.3 is 10.2 Å². The topological polar surface area (TPSA) is 70.4 Å². The van der Waals surface area contributed by atoms with Gasteiger partial charge >= 0.3 is 0 Å². The van der Waals surface area contributed by atoms with Crippen molar-refractivity contribution in [3.05, 3.63) is 23.9 Å². The van der Waals surface area contributed by atoms with Crippen molar-refractivity contribution in [1.82, 2.24) is 4.98 Å². The van der Waals surface area contributed by atoms with Crippen LogP contribution in [0.1, 0.15) is 17.3 Å². The van der Waals surface area contributed by atoms with E-state index >= 15 is 0 Å². The zero-order valence-electron chi connectivity index (χ0n) is 8.38. The standard InChI is InChI=1S/C10H13NO3S/c1-7(13)9-3-2-4-11-10(9)15-6-8(14)5-12/h2-4,8,12,14H,5-6H2,1H3. The summed E-state index contributed by atoms with van der Waals surface area (Å²) in [6, 6.07) is 3.40. The van der Waals surface area contributed by atoms with Gasteiger partial charge in [0.2, 0.25) is 0 Å². The van der Waals surface area contributed by atoms with Crippen molar-refractivity contribution in [2.45, 2.75) is 18.1 Å². The number of hydrogen-bond acceptors (Lipinski definition) is 5. The summed E-state index contributed by atoms with van der Waals surface area (Å²) in [7, 11) is 0. The van der Waals surface area contributed by atoms with Crippen LogP contribution >= 0.6 is 11.8 Å². The summed E-state index contributed by atoms with van der Waals surface area (Å²) in [5.41, 5.74) is 0.549. The first-order chi connectivity index (χ1) is 7.15. The molecule has 0 aromatic carbocycles. The highest BCUT2D eigenvalue weighted by atomic mass is 32.2. The molecule has 0 spiro atoms. The monoisotopic (exact) mass is 227 g/mol. The van der Waals surface area contributed by atoms with E-state index in [1.165, 1.54) is 18.7 Å². The van der Waals surface area contributed by atoms with Crippen LogP contribution in [0.15, 0.2) is 23.4 Å². The summed E-state index contributed by atoms with van der Waals surface area (Å²) >= 11 is 1.27. The maximum absolute atomic E-state index is 11.2. The molecule has 2 N–H and O–H groups in total. The van der Waals surface area contributed by atoms with Gasteiger partial charge in [-0.3, -0.25) is 4.79 Å². The number of nitrogens with zero attached hydrogens (tertiary/aromatic N) is 1. The van der Waals surface area contributed by atoms with Crippen LogP contribution in [0.2, 0.25) is 0 Å². The molecule has 0 radical (unpaired) electrons. The third-order valence-corrected chi connectivity index (χ3v) is 2.92. The lowest BCUT2D eigenvalue weighted by Crippen LogP contribution is -2.15. The van der Waals surface area contributed by atoms with Gasteiger partial charge in [0.15, 0.2) is 5.78 Å². The molecule has 0 amide bonds. The van der Waals surface area contributed by atoms with Crippen LogP contribution < -0.4 is 0 Å². The number of carbonyl (C=O) groups is 1. The molecule has 0 aliphatic carbocycles. The molecule has 4 nitrogen and oxygen atoms in total. The second kappa shape index (κ2) is 5.85. The van der Waals surface area contributed by atoms with E-state index in [9.17, 15) is 4.79 Å². The Morgan fingerprint density at radius 3 is 3.00 bits per heavy atom. The minimum Gasteiger partial charge on any atom is -0.394 e. The number of aliphatic hydroxyl groups is 2. The number of thioether (sulfide) groups is 1. The van der Waals surface area contributed by atoms with E-state index in [1.54, 1.807) is 18.3 Å². The Kier molecular flexibility index (Phi) is 4.74. The fourth-order valence-electron chi connectivity index (χ4n) is 1.00. The van der Waals surface area contributed by atoms with Gasteiger partial charge in [0, 0.05) is 17.5 Å². The highest BCUT2D eigenvalue weighted by Crippen LogP contribution is 2.20. The molecule has 82 valence electrons. The second-order valence-corrected chi connectivity index (χ2v) is 4.07. The molecule has 0 saturated carbocycles. The van der Waals surface area contributed by atoms with Gasteiger partial charge in [0.25, 0.3) is 0 Å². The molecule has 5 heteroatoms. The molecular weight excluding hydrogens is 214 g/mol. The lowest BCUT2D eigenvalue weighted by atomic mass is 10.2. The maximum atomic E-state index is 11.2. The molecule has 0 fully saturated rings. The van der Waals surface area contributed by atoms with Gasteiger partial charge in [-0.15, -0.1) is 11.8 Å². The Morgan fingerprint density at radius 2 is 2.40 bits per heavy atom. The number of Topliss-reactive ketones (excluding diaryl/α,β-unsaturated/α-hetero) is 1. The molecule has 15 heavy (non-hydrogen) atoms. The van der Waals surface area contributed by atoms with Crippen molar-refractivity contribution < 1.29 is 15.0 Å². The molecule has 1 rings (SSSR count). The highest BCUT2D eigenvalue weighted by molar-refractivity contribution is 7.99. The Hall–Kier alpha value is -0.910. The fraction of sp³-hybridized carbons (Fsp3) is 0.400. The van der Waals surface area contributed by atoms with E-state index in [0.29, 0.717) is 16.3 Å². The lowest BCUT2D eigenvalue weighted by molar-refractivity contribution is 0.101. The van der Waals surface area contributed by atoms with E-state index < -0.39 is 6.10 Å². The quantitative estimate of drug-likeness (QED) is 0.573. The number of aromatic nitrogens is 1. The number of pyridine rings is 1. The summed E-state index contributed by atoms with van der Waals surface area (Å²) in [4.78, 5) is 15.3. The Balaban J connectivity index is 2.72. The van der Waals surface area contributed by atoms with E-state index in [-0.39, 0.29) is 12.4 Å². The van der Waals surface area contributed by atoms with Crippen LogP contribution in [-0.4, -0.2) is 39.4 Å². The first-order valence-electron chi connectivity index (χ1n) is 4.52. The number of aliphatic hydroxyl groups excluding tert-OH is 2. The largest absolute Gasteiger partial charge is 0.394 e. The maximum Gasteiger partial charge on any atom is 0.162 e. The van der Waals surface area contributed by atoms with Crippen molar-refractivity contribution in [3.8, 4) is 0 Å². The number of carbonyl (C=O) groups excluding carboxylic acids is 1. The van der Waals surface area contributed by atoms with Gasteiger partial charge in [-0.1, -0.05) is 0 Å². The molecular formula is C10H13NO3S. The smallest absolute Gasteiger partial charge is 0.162 e. The van der Waals surface area contributed by atoms with E-state index in [0.717, 1.165) is 0 Å². The van der Waals surface area contributed by atoms with Gasteiger partial charge in [-0.25, -0.2) is 4.98 Å². The minimum atomic E-state index is -0.781. The van der Waals surface area contributed by atoms with E-state index in [2.05, 4.69) is 4.98 Å². The molecule has 1 heterocycles. The van der Waals surface area contributed by atoms with Crippen molar-refractivity contribution in [3.63, 3.8) is 0 Å². The summed E-state index contributed by atoms with van der Waals surface area (Å²) in [5.74, 6) is 0.275. The van der Waals surface area contributed by atoms with Crippen LogP contribution in [0.25, 0.3) is 0 Å². The molecule has 0 saturated heterocycles. The molecule has 0 aliphatic rings. The van der Waals surface area contributed by atoms with Crippen LogP contribution in [0.5, 0.6) is 0 Å². The predicted molar refractivity (Wildman–Crippen MR) is 58.1 cm³/mol. The summed E-state index contributed by atoms with van der Waals surface area (Å²) in [5, 5.41) is 18.4. The second-order valence-electron chi connectivity index (χ2n) is 3.06. The van der Waals surface area contributed by atoms with Crippen molar-refractivity contribution in [2.75, 3.05) is 12.4 Å². The van der Waals surface area contributed by atoms with Crippen LogP contribution in [-0.2, 0) is 0 Å². The summed E-state index contributed by atoms with van der Waals surface area (Å²) in [6.07, 6.45) is 0.817. The minimum absolute atomic E-state index is 0.0518. The zero-order chi connectivity index (χ0) is 11.3. The Labute approximate surface area is 92.3 Å².